The van der Waals surface area contributed by atoms with Crippen molar-refractivity contribution in [1.29, 1.82) is 0 Å². The molecule has 2 rings (SSSR count). The summed E-state index contributed by atoms with van der Waals surface area (Å²) in [6, 6.07) is 0.459. The van der Waals surface area contributed by atoms with E-state index in [0.29, 0.717) is 6.04 Å². The number of nitrogens with one attached hydrogen (secondary N) is 1. The molecule has 1 fully saturated rings. The maximum atomic E-state index is 5.83. The van der Waals surface area contributed by atoms with Gasteiger partial charge in [-0.25, -0.2) is 0 Å². The molecule has 0 aromatic heterocycles. The van der Waals surface area contributed by atoms with Gasteiger partial charge in [0.1, 0.15) is 0 Å². The molecule has 0 spiro atoms. The molecule has 17 heavy (non-hydrogen) atoms. The van der Waals surface area contributed by atoms with E-state index < -0.39 is 0 Å². The summed E-state index contributed by atoms with van der Waals surface area (Å²) in [4.78, 5) is 0. The van der Waals surface area contributed by atoms with Crippen LogP contribution in [-0.4, -0.2) is 6.04 Å². The Bertz CT molecular complexity index is 252. The second-order valence-electron chi connectivity index (χ2n) is 6.04. The van der Waals surface area contributed by atoms with Gasteiger partial charge in [0, 0.05) is 6.04 Å². The van der Waals surface area contributed by atoms with Crippen LogP contribution in [0.5, 0.6) is 0 Å². The smallest absolute Gasteiger partial charge is 0.0447 e. The van der Waals surface area contributed by atoms with E-state index >= 15 is 0 Å². The largest absolute Gasteiger partial charge is 0.271 e. The zero-order valence-electron chi connectivity index (χ0n) is 11.3. The number of nitrogens with two attached hydrogens (primary N) is 1. The molecule has 0 bridgehead atoms. The Labute approximate surface area is 106 Å². The standard InChI is InChI=1S/C15H28N2/c1-12-8-10-14(11-9-12)15(17-16)13-6-4-2-3-5-7-13/h6,12,14-15,17H,2-5,7-11,16H2,1H3. The molecule has 0 aliphatic heterocycles. The van der Waals surface area contributed by atoms with Gasteiger partial charge in [0.2, 0.25) is 0 Å². The molecule has 2 aliphatic carbocycles. The third kappa shape index (κ3) is 3.56. The van der Waals surface area contributed by atoms with Gasteiger partial charge in [0.05, 0.1) is 0 Å². The summed E-state index contributed by atoms with van der Waals surface area (Å²) in [6.45, 7) is 2.38. The number of allylic oxidation sites excluding steroid dienone is 1. The highest BCUT2D eigenvalue weighted by atomic mass is 15.2. The average Bonchev–Trinajstić information content (AvgIpc) is 2.62. The third-order valence-corrected chi connectivity index (χ3v) is 4.69. The first-order chi connectivity index (χ1) is 8.31. The number of hydrogen-bond donors (Lipinski definition) is 2. The summed E-state index contributed by atoms with van der Waals surface area (Å²) >= 11 is 0. The minimum absolute atomic E-state index is 0.459. The van der Waals surface area contributed by atoms with Crippen LogP contribution in [0.25, 0.3) is 0 Å². The molecule has 0 heterocycles. The van der Waals surface area contributed by atoms with Crippen molar-refractivity contribution in [3.05, 3.63) is 11.6 Å². The van der Waals surface area contributed by atoms with Crippen LogP contribution < -0.4 is 11.3 Å². The molecule has 0 radical (unpaired) electrons. The van der Waals surface area contributed by atoms with E-state index in [1.807, 2.05) is 0 Å². The third-order valence-electron chi connectivity index (χ3n) is 4.69. The topological polar surface area (TPSA) is 38.0 Å². The minimum atomic E-state index is 0.459. The van der Waals surface area contributed by atoms with E-state index in [2.05, 4.69) is 18.4 Å². The van der Waals surface area contributed by atoms with Crippen LogP contribution >= 0.6 is 0 Å². The second kappa shape index (κ2) is 6.55. The first kappa shape index (κ1) is 13.1. The molecule has 0 aromatic carbocycles. The van der Waals surface area contributed by atoms with E-state index in [-0.39, 0.29) is 0 Å². The minimum Gasteiger partial charge on any atom is -0.271 e. The lowest BCUT2D eigenvalue weighted by Crippen LogP contribution is -2.43. The van der Waals surface area contributed by atoms with Crippen LogP contribution in [0.15, 0.2) is 11.6 Å². The Balaban J connectivity index is 1.97. The lowest BCUT2D eigenvalue weighted by atomic mass is 9.76. The molecule has 2 heteroatoms. The SMILES string of the molecule is CC1CCC(C(NN)C2=CCCCCC2)CC1. The predicted molar refractivity (Wildman–Crippen MR) is 73.4 cm³/mol. The van der Waals surface area contributed by atoms with Crippen molar-refractivity contribution >= 4 is 0 Å². The van der Waals surface area contributed by atoms with Gasteiger partial charge in [-0.05, 0) is 50.4 Å². The lowest BCUT2D eigenvalue weighted by Gasteiger charge is -2.33. The lowest BCUT2D eigenvalue weighted by molar-refractivity contribution is 0.245. The van der Waals surface area contributed by atoms with Gasteiger partial charge in [-0.1, -0.05) is 37.8 Å². The van der Waals surface area contributed by atoms with Gasteiger partial charge < -0.3 is 0 Å². The zero-order valence-corrected chi connectivity index (χ0v) is 11.3. The predicted octanol–water partition coefficient (Wildman–Crippen LogP) is 3.54. The summed E-state index contributed by atoms with van der Waals surface area (Å²) in [6.07, 6.45) is 14.6. The maximum Gasteiger partial charge on any atom is 0.0447 e. The fraction of sp³-hybridized carbons (Fsp3) is 0.867. The molecular formula is C15H28N2. The van der Waals surface area contributed by atoms with Gasteiger partial charge in [0.25, 0.3) is 0 Å². The summed E-state index contributed by atoms with van der Waals surface area (Å²) < 4.78 is 0. The van der Waals surface area contributed by atoms with Crippen LogP contribution in [0.1, 0.15) is 64.7 Å². The first-order valence-electron chi connectivity index (χ1n) is 7.46. The molecular weight excluding hydrogens is 208 g/mol. The molecule has 98 valence electrons. The Hall–Kier alpha value is -0.340. The quantitative estimate of drug-likeness (QED) is 0.447. The van der Waals surface area contributed by atoms with E-state index in [4.69, 9.17) is 5.84 Å². The Morgan fingerprint density at radius 3 is 2.65 bits per heavy atom. The molecule has 3 N–H and O–H groups in total. The van der Waals surface area contributed by atoms with Gasteiger partial charge in [-0.15, -0.1) is 0 Å². The van der Waals surface area contributed by atoms with Crippen LogP contribution in [0.3, 0.4) is 0 Å². The monoisotopic (exact) mass is 236 g/mol. The highest BCUT2D eigenvalue weighted by Crippen LogP contribution is 2.34. The molecule has 0 aromatic rings. The average molecular weight is 236 g/mol. The van der Waals surface area contributed by atoms with Crippen LogP contribution in [-0.2, 0) is 0 Å². The second-order valence-corrected chi connectivity index (χ2v) is 6.04. The normalized spacial score (nSPS) is 32.7. The highest BCUT2D eigenvalue weighted by Gasteiger charge is 2.27. The van der Waals surface area contributed by atoms with Crippen molar-refractivity contribution in [3.63, 3.8) is 0 Å². The van der Waals surface area contributed by atoms with Crippen LogP contribution in [0, 0.1) is 11.8 Å². The van der Waals surface area contributed by atoms with E-state index in [1.54, 1.807) is 5.57 Å². The van der Waals surface area contributed by atoms with Gasteiger partial charge in [0.15, 0.2) is 0 Å². The van der Waals surface area contributed by atoms with E-state index in [9.17, 15) is 0 Å². The van der Waals surface area contributed by atoms with E-state index in [0.717, 1.165) is 11.8 Å². The van der Waals surface area contributed by atoms with Crippen molar-refractivity contribution in [1.82, 2.24) is 5.43 Å². The molecule has 0 saturated heterocycles. The number of hydrogen-bond acceptors (Lipinski definition) is 2. The maximum absolute atomic E-state index is 5.83. The Morgan fingerprint density at radius 2 is 1.94 bits per heavy atom. The molecule has 0 amide bonds. The fourth-order valence-electron chi connectivity index (χ4n) is 3.49. The molecule has 1 atom stereocenters. The summed E-state index contributed by atoms with van der Waals surface area (Å²) in [5, 5.41) is 0. The van der Waals surface area contributed by atoms with Crippen molar-refractivity contribution in [2.24, 2.45) is 17.7 Å². The molecule has 2 aliphatic rings. The van der Waals surface area contributed by atoms with Gasteiger partial charge in [-0.2, -0.15) is 0 Å². The number of rotatable bonds is 3. The van der Waals surface area contributed by atoms with Crippen LogP contribution in [0.4, 0.5) is 0 Å². The van der Waals surface area contributed by atoms with Crippen molar-refractivity contribution in [2.75, 3.05) is 0 Å². The van der Waals surface area contributed by atoms with Crippen molar-refractivity contribution < 1.29 is 0 Å². The molecule has 2 nitrogen and oxygen atoms in total. The summed E-state index contributed by atoms with van der Waals surface area (Å²) in [7, 11) is 0. The van der Waals surface area contributed by atoms with Crippen LogP contribution in [0.2, 0.25) is 0 Å². The Kier molecular flexibility index (Phi) is 5.05. The molecule has 1 saturated carbocycles. The highest BCUT2D eigenvalue weighted by molar-refractivity contribution is 5.13. The van der Waals surface area contributed by atoms with E-state index in [1.165, 1.54) is 57.8 Å². The zero-order chi connectivity index (χ0) is 12.1. The summed E-state index contributed by atoms with van der Waals surface area (Å²) in [5.74, 6) is 7.53. The van der Waals surface area contributed by atoms with Gasteiger partial charge >= 0.3 is 0 Å². The van der Waals surface area contributed by atoms with Crippen molar-refractivity contribution in [2.45, 2.75) is 70.8 Å². The van der Waals surface area contributed by atoms with Gasteiger partial charge in [-0.3, -0.25) is 11.3 Å². The molecule has 1 unspecified atom stereocenters. The Morgan fingerprint density at radius 1 is 1.18 bits per heavy atom. The van der Waals surface area contributed by atoms with Crippen molar-refractivity contribution in [3.8, 4) is 0 Å². The number of hydrazine groups is 1. The first-order valence-corrected chi connectivity index (χ1v) is 7.46. The summed E-state index contributed by atoms with van der Waals surface area (Å²) in [5.41, 5.74) is 4.72. The fourth-order valence-corrected chi connectivity index (χ4v) is 3.49.